The fraction of sp³-hybridized carbons (Fsp3) is 0.929. The van der Waals surface area contributed by atoms with E-state index in [4.69, 9.17) is 4.74 Å². The highest BCUT2D eigenvalue weighted by Gasteiger charge is 2.25. The van der Waals surface area contributed by atoms with Gasteiger partial charge < -0.3 is 15.4 Å². The molecule has 1 aliphatic carbocycles. The molecule has 0 saturated heterocycles. The smallest absolute Gasteiger partial charge is 0.223 e. The number of hydrogen-bond donors (Lipinski definition) is 2. The third-order valence-electron chi connectivity index (χ3n) is 3.72. The molecule has 0 unspecified atom stereocenters. The molecular weight excluding hydrogens is 228 g/mol. The Morgan fingerprint density at radius 1 is 1.22 bits per heavy atom. The molecule has 1 amide bonds. The summed E-state index contributed by atoms with van der Waals surface area (Å²) in [4.78, 5) is 11.9. The second-order valence-electron chi connectivity index (χ2n) is 5.81. The molecule has 1 fully saturated rings. The van der Waals surface area contributed by atoms with Crippen LogP contribution in [0.5, 0.6) is 0 Å². The fourth-order valence-electron chi connectivity index (χ4n) is 2.47. The molecule has 0 aromatic rings. The van der Waals surface area contributed by atoms with Crippen molar-refractivity contribution in [1.82, 2.24) is 10.6 Å². The highest BCUT2D eigenvalue weighted by atomic mass is 16.5. The van der Waals surface area contributed by atoms with Crippen LogP contribution in [0.2, 0.25) is 0 Å². The van der Waals surface area contributed by atoms with E-state index in [1.165, 1.54) is 0 Å². The van der Waals surface area contributed by atoms with Crippen LogP contribution in [0.1, 0.15) is 52.9 Å². The molecule has 0 aromatic carbocycles. The van der Waals surface area contributed by atoms with Gasteiger partial charge in [0.2, 0.25) is 5.91 Å². The van der Waals surface area contributed by atoms with Crippen LogP contribution in [0.25, 0.3) is 0 Å². The second kappa shape index (κ2) is 7.10. The minimum absolute atomic E-state index is 0.105. The average Bonchev–Trinajstić information content (AvgIpc) is 2.31. The third kappa shape index (κ3) is 5.36. The molecule has 0 aliphatic heterocycles. The summed E-state index contributed by atoms with van der Waals surface area (Å²) in [6.07, 6.45) is 4.91. The molecule has 1 rings (SSSR count). The number of rotatable bonds is 6. The van der Waals surface area contributed by atoms with Crippen LogP contribution in [0, 0.1) is 0 Å². The van der Waals surface area contributed by atoms with Crippen LogP contribution in [0.3, 0.4) is 0 Å². The predicted octanol–water partition coefficient (Wildman–Crippen LogP) is 1.84. The maximum atomic E-state index is 11.9. The van der Waals surface area contributed by atoms with Crippen molar-refractivity contribution in [3.8, 4) is 0 Å². The van der Waals surface area contributed by atoms with Crippen LogP contribution in [-0.4, -0.2) is 37.2 Å². The first kappa shape index (κ1) is 15.4. The fourth-order valence-corrected chi connectivity index (χ4v) is 2.47. The molecule has 4 nitrogen and oxygen atoms in total. The van der Waals surface area contributed by atoms with Gasteiger partial charge in [0.15, 0.2) is 0 Å². The highest BCUT2D eigenvalue weighted by molar-refractivity contribution is 5.77. The summed E-state index contributed by atoms with van der Waals surface area (Å²) in [5, 5.41) is 6.60. The Hall–Kier alpha value is -0.610. The number of methoxy groups -OCH3 is 1. The van der Waals surface area contributed by atoms with Gasteiger partial charge in [0, 0.05) is 19.2 Å². The number of ether oxygens (including phenoxy) is 1. The molecule has 2 N–H and O–H groups in total. The largest absolute Gasteiger partial charge is 0.378 e. The normalized spacial score (nSPS) is 24.9. The van der Waals surface area contributed by atoms with E-state index in [0.717, 1.165) is 32.2 Å². The van der Waals surface area contributed by atoms with Crippen molar-refractivity contribution in [2.24, 2.45) is 0 Å². The number of nitrogens with one attached hydrogen (secondary N) is 2. The molecule has 18 heavy (non-hydrogen) atoms. The second-order valence-corrected chi connectivity index (χ2v) is 5.81. The lowest BCUT2D eigenvalue weighted by Crippen LogP contribution is -2.44. The molecule has 1 aliphatic rings. The summed E-state index contributed by atoms with van der Waals surface area (Å²) in [6.45, 7) is 7.05. The lowest BCUT2D eigenvalue weighted by atomic mass is 9.91. The minimum Gasteiger partial charge on any atom is -0.378 e. The average molecular weight is 256 g/mol. The minimum atomic E-state index is -0.370. The van der Waals surface area contributed by atoms with E-state index in [0.29, 0.717) is 18.5 Å². The van der Waals surface area contributed by atoms with Crippen molar-refractivity contribution >= 4 is 5.91 Å². The molecule has 1 saturated carbocycles. The van der Waals surface area contributed by atoms with Gasteiger partial charge >= 0.3 is 0 Å². The van der Waals surface area contributed by atoms with Gasteiger partial charge in [-0.15, -0.1) is 0 Å². The Labute approximate surface area is 111 Å². The van der Waals surface area contributed by atoms with Gasteiger partial charge in [-0.3, -0.25) is 4.79 Å². The van der Waals surface area contributed by atoms with Gasteiger partial charge in [0.05, 0.1) is 12.0 Å². The van der Waals surface area contributed by atoms with E-state index in [2.05, 4.69) is 17.6 Å². The lowest BCUT2D eigenvalue weighted by Gasteiger charge is -2.30. The van der Waals surface area contributed by atoms with Crippen molar-refractivity contribution in [2.45, 2.75) is 70.6 Å². The summed E-state index contributed by atoms with van der Waals surface area (Å²) < 4.78 is 5.28. The van der Waals surface area contributed by atoms with E-state index >= 15 is 0 Å². The number of hydrogen-bond acceptors (Lipinski definition) is 3. The van der Waals surface area contributed by atoms with Gasteiger partial charge in [-0.25, -0.2) is 0 Å². The van der Waals surface area contributed by atoms with E-state index in [9.17, 15) is 4.79 Å². The van der Waals surface area contributed by atoms with E-state index in [1.807, 2.05) is 13.8 Å². The zero-order valence-electron chi connectivity index (χ0n) is 12.2. The monoisotopic (exact) mass is 256 g/mol. The molecule has 0 bridgehead atoms. The summed E-state index contributed by atoms with van der Waals surface area (Å²) in [6, 6.07) is 0.985. The molecule has 0 radical (unpaired) electrons. The molecule has 0 heterocycles. The Morgan fingerprint density at radius 2 is 1.78 bits per heavy atom. The van der Waals surface area contributed by atoms with Crippen molar-refractivity contribution in [3.63, 3.8) is 0 Å². The Morgan fingerprint density at radius 3 is 2.28 bits per heavy atom. The molecule has 0 atom stereocenters. The predicted molar refractivity (Wildman–Crippen MR) is 73.6 cm³/mol. The Balaban J connectivity index is 2.26. The maximum Gasteiger partial charge on any atom is 0.223 e. The van der Waals surface area contributed by atoms with Crippen molar-refractivity contribution < 1.29 is 9.53 Å². The zero-order valence-corrected chi connectivity index (χ0v) is 12.2. The van der Waals surface area contributed by atoms with E-state index < -0.39 is 0 Å². The van der Waals surface area contributed by atoms with Crippen LogP contribution >= 0.6 is 0 Å². The van der Waals surface area contributed by atoms with E-state index in [-0.39, 0.29) is 11.5 Å². The molecule has 4 heteroatoms. The molecule has 0 spiro atoms. The van der Waals surface area contributed by atoms with Crippen LogP contribution in [0.15, 0.2) is 0 Å². The Kier molecular flexibility index (Phi) is 6.09. The van der Waals surface area contributed by atoms with Gasteiger partial charge in [-0.2, -0.15) is 0 Å². The summed E-state index contributed by atoms with van der Waals surface area (Å²) in [5.41, 5.74) is -0.370. The first-order valence-electron chi connectivity index (χ1n) is 7.04. The highest BCUT2D eigenvalue weighted by Crippen LogP contribution is 2.19. The Bertz CT molecular complexity index is 259. The molecule has 0 aromatic heterocycles. The lowest BCUT2D eigenvalue weighted by molar-refractivity contribution is -0.127. The summed E-state index contributed by atoms with van der Waals surface area (Å²) in [7, 11) is 1.65. The first-order chi connectivity index (χ1) is 8.46. The van der Waals surface area contributed by atoms with Crippen LogP contribution in [0.4, 0.5) is 0 Å². The maximum absolute atomic E-state index is 11.9. The zero-order chi connectivity index (χ0) is 13.6. The standard InChI is InChI=1S/C14H28N2O2/c1-5-15-11-6-8-12(9-7-11)16-13(17)10-14(2,3)18-4/h11-12,15H,5-10H2,1-4H3,(H,16,17). The van der Waals surface area contributed by atoms with Gasteiger partial charge in [0.1, 0.15) is 0 Å². The third-order valence-corrected chi connectivity index (χ3v) is 3.72. The molecule has 106 valence electrons. The first-order valence-corrected chi connectivity index (χ1v) is 7.04. The quantitative estimate of drug-likeness (QED) is 0.762. The van der Waals surface area contributed by atoms with Gasteiger partial charge in [-0.1, -0.05) is 6.92 Å². The number of carbonyl (C=O) groups is 1. The van der Waals surface area contributed by atoms with Gasteiger partial charge in [0.25, 0.3) is 0 Å². The SMILES string of the molecule is CCNC1CCC(NC(=O)CC(C)(C)OC)CC1. The van der Waals surface area contributed by atoms with Crippen LogP contribution < -0.4 is 10.6 Å². The van der Waals surface area contributed by atoms with E-state index in [1.54, 1.807) is 7.11 Å². The van der Waals surface area contributed by atoms with Crippen molar-refractivity contribution in [3.05, 3.63) is 0 Å². The van der Waals surface area contributed by atoms with Crippen LogP contribution in [-0.2, 0) is 9.53 Å². The summed E-state index contributed by atoms with van der Waals surface area (Å²) in [5.74, 6) is 0.105. The number of amides is 1. The topological polar surface area (TPSA) is 50.4 Å². The number of carbonyl (C=O) groups excluding carboxylic acids is 1. The summed E-state index contributed by atoms with van der Waals surface area (Å²) >= 11 is 0. The molecular formula is C14H28N2O2. The van der Waals surface area contributed by atoms with Crippen molar-refractivity contribution in [2.75, 3.05) is 13.7 Å². The van der Waals surface area contributed by atoms with Crippen molar-refractivity contribution in [1.29, 1.82) is 0 Å². The van der Waals surface area contributed by atoms with Gasteiger partial charge in [-0.05, 0) is 46.1 Å².